The van der Waals surface area contributed by atoms with Gasteiger partial charge in [0.1, 0.15) is 13.6 Å². The maximum Gasteiger partial charge on any atom is 0.147 e. The second kappa shape index (κ2) is 3.45. The third-order valence-corrected chi connectivity index (χ3v) is 3.60. The van der Waals surface area contributed by atoms with Gasteiger partial charge in [0.25, 0.3) is 0 Å². The van der Waals surface area contributed by atoms with Crippen LogP contribution >= 0.6 is 0 Å². The van der Waals surface area contributed by atoms with Crippen LogP contribution in [0, 0.1) is 5.41 Å². The van der Waals surface area contributed by atoms with Crippen LogP contribution < -0.4 is 0 Å². The quantitative estimate of drug-likeness (QED) is 0.590. The van der Waals surface area contributed by atoms with Crippen molar-refractivity contribution in [3.05, 3.63) is 0 Å². The molecule has 0 aromatic heterocycles. The summed E-state index contributed by atoms with van der Waals surface area (Å²) in [7, 11) is 0. The summed E-state index contributed by atoms with van der Waals surface area (Å²) in [6.45, 7) is 8.22. The van der Waals surface area contributed by atoms with Gasteiger partial charge in [0.2, 0.25) is 0 Å². The molecule has 82 valence electrons. The third-order valence-electron chi connectivity index (χ3n) is 3.60. The van der Waals surface area contributed by atoms with Gasteiger partial charge in [-0.15, -0.1) is 0 Å². The van der Waals surface area contributed by atoms with Crippen LogP contribution in [0.4, 0.5) is 0 Å². The van der Waals surface area contributed by atoms with E-state index in [0.29, 0.717) is 26.8 Å². The number of rotatable bonds is 0. The Bertz CT molecular complexity index is 210. The third kappa shape index (κ3) is 1.37. The number of ether oxygens (including phenoxy) is 4. The fraction of sp³-hybridized carbons (Fsp3) is 1.00. The van der Waals surface area contributed by atoms with Crippen molar-refractivity contribution in [2.75, 3.05) is 26.8 Å². The van der Waals surface area contributed by atoms with Crippen molar-refractivity contribution < 1.29 is 18.9 Å². The molecule has 2 aliphatic rings. The van der Waals surface area contributed by atoms with Crippen LogP contribution in [0.15, 0.2) is 0 Å². The van der Waals surface area contributed by atoms with Crippen LogP contribution in [0.5, 0.6) is 0 Å². The van der Waals surface area contributed by atoms with Gasteiger partial charge in [-0.25, -0.2) is 0 Å². The molecule has 0 aromatic rings. The molecule has 2 unspecified atom stereocenters. The van der Waals surface area contributed by atoms with Gasteiger partial charge in [-0.2, -0.15) is 0 Å². The minimum absolute atomic E-state index is 0.103. The lowest BCUT2D eigenvalue weighted by atomic mass is 9.70. The van der Waals surface area contributed by atoms with E-state index in [1.54, 1.807) is 0 Å². The number of hydrogen-bond donors (Lipinski definition) is 0. The highest BCUT2D eigenvalue weighted by molar-refractivity contribution is 5.01. The van der Waals surface area contributed by atoms with E-state index in [1.165, 1.54) is 0 Å². The Labute approximate surface area is 84.5 Å². The smallest absolute Gasteiger partial charge is 0.147 e. The summed E-state index contributed by atoms with van der Waals surface area (Å²) in [5.41, 5.74) is -0.436. The summed E-state index contributed by atoms with van der Waals surface area (Å²) < 4.78 is 21.9. The van der Waals surface area contributed by atoms with E-state index in [1.807, 2.05) is 0 Å². The fourth-order valence-electron chi connectivity index (χ4n) is 2.20. The second-order valence-corrected chi connectivity index (χ2v) is 4.55. The van der Waals surface area contributed by atoms with E-state index in [0.717, 1.165) is 0 Å². The molecule has 0 radical (unpaired) electrons. The molecule has 14 heavy (non-hydrogen) atoms. The Morgan fingerprint density at radius 2 is 1.71 bits per heavy atom. The molecule has 2 atom stereocenters. The highest BCUT2D eigenvalue weighted by Gasteiger charge is 2.54. The Morgan fingerprint density at radius 1 is 1.07 bits per heavy atom. The van der Waals surface area contributed by atoms with Crippen LogP contribution in [0.25, 0.3) is 0 Å². The Balaban J connectivity index is 2.25. The lowest BCUT2D eigenvalue weighted by Gasteiger charge is -2.53. The zero-order chi connectivity index (χ0) is 10.2. The normalized spacial score (nSPS) is 42.6. The molecule has 0 amide bonds. The first-order valence-electron chi connectivity index (χ1n) is 5.00. The van der Waals surface area contributed by atoms with Gasteiger partial charge >= 0.3 is 0 Å². The largest absolute Gasteiger partial charge is 0.355 e. The molecule has 1 spiro atoms. The van der Waals surface area contributed by atoms with E-state index >= 15 is 0 Å². The predicted octanol–water partition coefficient (Wildman–Crippen LogP) is 1.15. The summed E-state index contributed by atoms with van der Waals surface area (Å²) in [6, 6.07) is 0. The minimum Gasteiger partial charge on any atom is -0.355 e. The van der Waals surface area contributed by atoms with Gasteiger partial charge in [0.15, 0.2) is 0 Å². The molecule has 2 heterocycles. The average molecular weight is 202 g/mol. The van der Waals surface area contributed by atoms with E-state index in [-0.39, 0.29) is 17.1 Å². The maximum atomic E-state index is 5.65. The molecule has 2 rings (SSSR count). The SMILES string of the molecule is CC1OCOCC12COCOC2(C)C. The molecule has 0 bridgehead atoms. The minimum atomic E-state index is -0.259. The van der Waals surface area contributed by atoms with Crippen molar-refractivity contribution >= 4 is 0 Å². The Morgan fingerprint density at radius 3 is 2.36 bits per heavy atom. The monoisotopic (exact) mass is 202 g/mol. The molecule has 0 N–H and O–H groups in total. The van der Waals surface area contributed by atoms with E-state index in [4.69, 9.17) is 18.9 Å². The first-order valence-corrected chi connectivity index (χ1v) is 5.00. The molecule has 0 aromatic carbocycles. The fourth-order valence-corrected chi connectivity index (χ4v) is 2.20. The van der Waals surface area contributed by atoms with Gasteiger partial charge < -0.3 is 18.9 Å². The number of hydrogen-bond acceptors (Lipinski definition) is 4. The van der Waals surface area contributed by atoms with E-state index in [9.17, 15) is 0 Å². The standard InChI is InChI=1S/C10H18O4/c1-8-10(4-11-6-13-8)5-12-7-14-9(10,2)3/h8H,4-7H2,1-3H3. The molecule has 4 heteroatoms. The lowest BCUT2D eigenvalue weighted by molar-refractivity contribution is -0.327. The molecule has 2 fully saturated rings. The molecular weight excluding hydrogens is 184 g/mol. The van der Waals surface area contributed by atoms with Crippen LogP contribution in [0.3, 0.4) is 0 Å². The molecule has 2 saturated heterocycles. The van der Waals surface area contributed by atoms with Crippen LogP contribution in [0.1, 0.15) is 20.8 Å². The molecular formula is C10H18O4. The molecule has 0 aliphatic carbocycles. The zero-order valence-electron chi connectivity index (χ0n) is 9.04. The van der Waals surface area contributed by atoms with Crippen LogP contribution in [-0.4, -0.2) is 38.5 Å². The van der Waals surface area contributed by atoms with Gasteiger partial charge in [-0.1, -0.05) is 0 Å². The van der Waals surface area contributed by atoms with Crippen LogP contribution in [0.2, 0.25) is 0 Å². The molecule has 0 saturated carbocycles. The van der Waals surface area contributed by atoms with Crippen molar-refractivity contribution in [2.24, 2.45) is 5.41 Å². The van der Waals surface area contributed by atoms with Gasteiger partial charge in [0.05, 0.1) is 30.3 Å². The molecule has 2 aliphatic heterocycles. The highest BCUT2D eigenvalue weighted by atomic mass is 16.7. The van der Waals surface area contributed by atoms with Crippen molar-refractivity contribution in [3.63, 3.8) is 0 Å². The summed E-state index contributed by atoms with van der Waals surface area (Å²) in [6.07, 6.45) is 0.103. The van der Waals surface area contributed by atoms with Gasteiger partial charge in [0, 0.05) is 0 Å². The maximum absolute atomic E-state index is 5.65. The van der Waals surface area contributed by atoms with E-state index in [2.05, 4.69) is 20.8 Å². The Hall–Kier alpha value is -0.160. The summed E-state index contributed by atoms with van der Waals surface area (Å²) in [5, 5.41) is 0. The van der Waals surface area contributed by atoms with Crippen molar-refractivity contribution in [1.29, 1.82) is 0 Å². The van der Waals surface area contributed by atoms with Crippen LogP contribution in [-0.2, 0) is 18.9 Å². The summed E-state index contributed by atoms with van der Waals surface area (Å²) >= 11 is 0. The summed E-state index contributed by atoms with van der Waals surface area (Å²) in [5.74, 6) is 0. The predicted molar refractivity (Wildman–Crippen MR) is 49.8 cm³/mol. The van der Waals surface area contributed by atoms with Gasteiger partial charge in [-0.05, 0) is 20.8 Å². The van der Waals surface area contributed by atoms with Crippen molar-refractivity contribution in [3.8, 4) is 0 Å². The lowest BCUT2D eigenvalue weighted by Crippen LogP contribution is -2.63. The zero-order valence-corrected chi connectivity index (χ0v) is 9.04. The average Bonchev–Trinajstić information content (AvgIpc) is 2.14. The first-order chi connectivity index (χ1) is 6.58. The molecule has 4 nitrogen and oxygen atoms in total. The second-order valence-electron chi connectivity index (χ2n) is 4.55. The van der Waals surface area contributed by atoms with E-state index < -0.39 is 0 Å². The van der Waals surface area contributed by atoms with Gasteiger partial charge in [-0.3, -0.25) is 0 Å². The van der Waals surface area contributed by atoms with Crippen molar-refractivity contribution in [1.82, 2.24) is 0 Å². The topological polar surface area (TPSA) is 36.9 Å². The first kappa shape index (κ1) is 10.4. The van der Waals surface area contributed by atoms with Crippen molar-refractivity contribution in [2.45, 2.75) is 32.5 Å². The summed E-state index contributed by atoms with van der Waals surface area (Å²) in [4.78, 5) is 0. The Kier molecular flexibility index (Phi) is 2.55. The highest BCUT2D eigenvalue weighted by Crippen LogP contribution is 2.44.